The molecular formula is C21H22OS. The molecule has 0 saturated heterocycles. The normalized spacial score (nSPS) is 15.8. The van der Waals surface area contributed by atoms with E-state index < -0.39 is 0 Å². The topological polar surface area (TPSA) is 17.1 Å². The molecular weight excluding hydrogens is 300 g/mol. The molecule has 2 rings (SSSR count). The highest BCUT2D eigenvalue weighted by Crippen LogP contribution is 2.33. The third-order valence-corrected chi connectivity index (χ3v) is 4.24. The van der Waals surface area contributed by atoms with E-state index in [4.69, 9.17) is 0 Å². The summed E-state index contributed by atoms with van der Waals surface area (Å²) in [6, 6.07) is 8.23. The Labute approximate surface area is 143 Å². The number of ketones is 1. The Morgan fingerprint density at radius 3 is 2.35 bits per heavy atom. The first-order valence-electron chi connectivity index (χ1n) is 7.80. The fraction of sp³-hybridized carbons (Fsp3) is 0.381. The highest BCUT2D eigenvalue weighted by Gasteiger charge is 2.26. The summed E-state index contributed by atoms with van der Waals surface area (Å²) in [4.78, 5) is 11.7. The lowest BCUT2D eigenvalue weighted by Crippen LogP contribution is -2.21. The molecule has 1 nitrogen and oxygen atoms in total. The summed E-state index contributed by atoms with van der Waals surface area (Å²) in [6.45, 7) is 6.31. The van der Waals surface area contributed by atoms with Gasteiger partial charge in [0, 0.05) is 17.6 Å². The van der Waals surface area contributed by atoms with Gasteiger partial charge in [-0.3, -0.25) is 4.79 Å². The molecule has 0 saturated carbocycles. The zero-order valence-corrected chi connectivity index (χ0v) is 14.8. The van der Waals surface area contributed by atoms with E-state index in [1.54, 1.807) is 17.8 Å². The molecule has 0 radical (unpaired) electrons. The summed E-state index contributed by atoms with van der Waals surface area (Å²) >= 11 is 1.71. The van der Waals surface area contributed by atoms with E-state index in [2.05, 4.69) is 56.6 Å². The highest BCUT2D eigenvalue weighted by molar-refractivity contribution is 7.99. The first kappa shape index (κ1) is 17.5. The summed E-state index contributed by atoms with van der Waals surface area (Å²) in [6.07, 6.45) is 3.23. The van der Waals surface area contributed by atoms with Crippen LogP contribution in [0.5, 0.6) is 0 Å². The first-order chi connectivity index (χ1) is 10.9. The number of aryl methyl sites for hydroxylation is 1. The number of benzene rings is 1. The van der Waals surface area contributed by atoms with Gasteiger partial charge in [-0.05, 0) is 37.0 Å². The molecule has 0 aromatic heterocycles. The zero-order valence-electron chi connectivity index (χ0n) is 14.0. The predicted molar refractivity (Wildman–Crippen MR) is 99.3 cm³/mol. The Morgan fingerprint density at radius 2 is 1.70 bits per heavy atom. The van der Waals surface area contributed by atoms with Crippen LogP contribution in [0.3, 0.4) is 0 Å². The maximum absolute atomic E-state index is 11.7. The van der Waals surface area contributed by atoms with Gasteiger partial charge in [-0.1, -0.05) is 55.2 Å². The number of allylic oxidation sites excluding steroid dienone is 2. The SMILES string of the molecule is Cc1ccc(C#CCSCC#CC2=CC(=O)CC(C)(C)C2)cc1. The van der Waals surface area contributed by atoms with Gasteiger partial charge in [0.2, 0.25) is 0 Å². The Kier molecular flexibility index (Phi) is 6.14. The fourth-order valence-electron chi connectivity index (χ4n) is 2.50. The van der Waals surface area contributed by atoms with E-state index in [1.165, 1.54) is 5.56 Å². The van der Waals surface area contributed by atoms with Gasteiger partial charge in [0.1, 0.15) is 0 Å². The zero-order chi connectivity index (χ0) is 16.7. The lowest BCUT2D eigenvalue weighted by atomic mass is 9.77. The van der Waals surface area contributed by atoms with Crippen LogP contribution in [0, 0.1) is 36.0 Å². The van der Waals surface area contributed by atoms with Crippen LogP contribution in [0.25, 0.3) is 0 Å². The molecule has 1 aromatic rings. The van der Waals surface area contributed by atoms with E-state index in [-0.39, 0.29) is 11.2 Å². The quantitative estimate of drug-likeness (QED) is 0.593. The number of rotatable bonds is 2. The molecule has 0 fully saturated rings. The van der Waals surface area contributed by atoms with Crippen molar-refractivity contribution in [2.75, 3.05) is 11.5 Å². The van der Waals surface area contributed by atoms with E-state index in [9.17, 15) is 4.79 Å². The highest BCUT2D eigenvalue weighted by atomic mass is 32.2. The van der Waals surface area contributed by atoms with Gasteiger partial charge >= 0.3 is 0 Å². The number of hydrogen-bond donors (Lipinski definition) is 0. The van der Waals surface area contributed by atoms with Gasteiger partial charge in [-0.2, -0.15) is 0 Å². The Balaban J connectivity index is 1.76. The smallest absolute Gasteiger partial charge is 0.157 e. The van der Waals surface area contributed by atoms with Gasteiger partial charge in [-0.15, -0.1) is 11.8 Å². The van der Waals surface area contributed by atoms with E-state index in [1.807, 2.05) is 12.1 Å². The van der Waals surface area contributed by atoms with Crippen molar-refractivity contribution in [1.29, 1.82) is 0 Å². The molecule has 2 heteroatoms. The molecule has 0 N–H and O–H groups in total. The van der Waals surface area contributed by atoms with Crippen molar-refractivity contribution in [2.45, 2.75) is 33.6 Å². The van der Waals surface area contributed by atoms with Gasteiger partial charge in [0.05, 0.1) is 11.5 Å². The molecule has 0 heterocycles. The number of thioether (sulfide) groups is 1. The van der Waals surface area contributed by atoms with Crippen LogP contribution in [0.2, 0.25) is 0 Å². The molecule has 0 atom stereocenters. The lowest BCUT2D eigenvalue weighted by Gasteiger charge is -2.26. The number of hydrogen-bond acceptors (Lipinski definition) is 2. The lowest BCUT2D eigenvalue weighted by molar-refractivity contribution is -0.116. The Hall–Kier alpha value is -1.90. The Bertz CT molecular complexity index is 715. The van der Waals surface area contributed by atoms with Gasteiger partial charge < -0.3 is 0 Å². The van der Waals surface area contributed by atoms with Crippen LogP contribution >= 0.6 is 11.8 Å². The minimum absolute atomic E-state index is 0.0441. The summed E-state index contributed by atoms with van der Waals surface area (Å²) < 4.78 is 0. The van der Waals surface area contributed by atoms with E-state index in [0.29, 0.717) is 6.42 Å². The largest absolute Gasteiger partial charge is 0.295 e. The molecule has 1 aromatic carbocycles. The Morgan fingerprint density at radius 1 is 1.04 bits per heavy atom. The molecule has 118 valence electrons. The van der Waals surface area contributed by atoms with Crippen LogP contribution in [0.15, 0.2) is 35.9 Å². The second-order valence-electron chi connectivity index (χ2n) is 6.62. The maximum atomic E-state index is 11.7. The second kappa shape index (κ2) is 8.09. The standard InChI is InChI=1S/C21H22OS/c1-17-8-10-18(11-9-17)6-4-12-23-13-5-7-19-14-20(22)16-21(2,3)15-19/h8-11,14H,12-13,15-16H2,1-3H3. The summed E-state index contributed by atoms with van der Waals surface area (Å²) in [7, 11) is 0. The average molecular weight is 322 g/mol. The summed E-state index contributed by atoms with van der Waals surface area (Å²) in [5.41, 5.74) is 3.31. The summed E-state index contributed by atoms with van der Waals surface area (Å²) in [5.74, 6) is 14.3. The minimum Gasteiger partial charge on any atom is -0.295 e. The van der Waals surface area contributed by atoms with Crippen LogP contribution in [0.4, 0.5) is 0 Å². The molecule has 1 aliphatic carbocycles. The first-order valence-corrected chi connectivity index (χ1v) is 8.96. The summed E-state index contributed by atoms with van der Waals surface area (Å²) in [5, 5.41) is 0. The number of carbonyl (C=O) groups is 1. The van der Waals surface area contributed by atoms with Crippen molar-refractivity contribution in [3.05, 3.63) is 47.0 Å². The fourth-order valence-corrected chi connectivity index (χ4v) is 2.95. The molecule has 23 heavy (non-hydrogen) atoms. The van der Waals surface area contributed by atoms with Crippen LogP contribution < -0.4 is 0 Å². The molecule has 0 bridgehead atoms. The molecule has 0 unspecified atom stereocenters. The van der Waals surface area contributed by atoms with E-state index >= 15 is 0 Å². The average Bonchev–Trinajstić information content (AvgIpc) is 2.46. The monoisotopic (exact) mass is 322 g/mol. The molecule has 0 aliphatic heterocycles. The van der Waals surface area contributed by atoms with Crippen LogP contribution in [-0.4, -0.2) is 17.3 Å². The second-order valence-corrected chi connectivity index (χ2v) is 7.60. The molecule has 1 aliphatic rings. The predicted octanol–water partition coefficient (Wildman–Crippen LogP) is 4.40. The van der Waals surface area contributed by atoms with Crippen molar-refractivity contribution in [2.24, 2.45) is 5.41 Å². The van der Waals surface area contributed by atoms with Crippen molar-refractivity contribution in [1.82, 2.24) is 0 Å². The van der Waals surface area contributed by atoms with Crippen LogP contribution in [-0.2, 0) is 4.79 Å². The van der Waals surface area contributed by atoms with Crippen molar-refractivity contribution in [3.63, 3.8) is 0 Å². The van der Waals surface area contributed by atoms with Crippen molar-refractivity contribution in [3.8, 4) is 23.7 Å². The number of carbonyl (C=O) groups excluding carboxylic acids is 1. The van der Waals surface area contributed by atoms with Crippen LogP contribution in [0.1, 0.15) is 37.8 Å². The third kappa shape index (κ3) is 6.39. The molecule has 0 spiro atoms. The van der Waals surface area contributed by atoms with Gasteiger partial charge in [-0.25, -0.2) is 0 Å². The van der Waals surface area contributed by atoms with E-state index in [0.717, 1.165) is 29.1 Å². The van der Waals surface area contributed by atoms with Crippen molar-refractivity contribution < 1.29 is 4.79 Å². The third-order valence-electron chi connectivity index (χ3n) is 3.54. The van der Waals surface area contributed by atoms with Gasteiger partial charge in [0.15, 0.2) is 5.78 Å². The maximum Gasteiger partial charge on any atom is 0.157 e. The molecule has 0 amide bonds. The van der Waals surface area contributed by atoms with Crippen molar-refractivity contribution >= 4 is 17.5 Å². The minimum atomic E-state index is 0.0441. The van der Waals surface area contributed by atoms with Gasteiger partial charge in [0.25, 0.3) is 0 Å².